The lowest BCUT2D eigenvalue weighted by atomic mass is 9.99. The van der Waals surface area contributed by atoms with E-state index >= 15 is 0 Å². The molecule has 1 nitrogen and oxygen atoms in total. The number of hydrogen-bond acceptors (Lipinski definition) is 1. The average Bonchev–Trinajstić information content (AvgIpc) is 2.72. The highest BCUT2D eigenvalue weighted by atomic mass is 31.2. The van der Waals surface area contributed by atoms with E-state index in [-0.39, 0.29) is 5.66 Å². The molecule has 116 valence electrons. The minimum atomic E-state index is -2.56. The zero-order valence-electron chi connectivity index (χ0n) is 13.2. The fourth-order valence-corrected chi connectivity index (χ4v) is 6.33. The van der Waals surface area contributed by atoms with Gasteiger partial charge in [-0.15, -0.1) is 13.2 Å². The van der Waals surface area contributed by atoms with E-state index in [1.165, 1.54) is 0 Å². The van der Waals surface area contributed by atoms with Crippen LogP contribution in [0.25, 0.3) is 12.2 Å². The second kappa shape index (κ2) is 6.56. The van der Waals surface area contributed by atoms with Crippen molar-refractivity contribution in [3.63, 3.8) is 0 Å². The molecule has 2 aromatic carbocycles. The van der Waals surface area contributed by atoms with Crippen LogP contribution in [0.5, 0.6) is 0 Å². The number of benzene rings is 2. The number of rotatable bonds is 5. The molecule has 1 aliphatic rings. The molecular weight excluding hydrogens is 299 g/mol. The van der Waals surface area contributed by atoms with Crippen LogP contribution in [-0.4, -0.2) is 12.3 Å². The van der Waals surface area contributed by atoms with Crippen LogP contribution in [0.15, 0.2) is 73.8 Å². The van der Waals surface area contributed by atoms with Crippen molar-refractivity contribution in [2.24, 2.45) is 0 Å². The summed E-state index contributed by atoms with van der Waals surface area (Å²) in [4.78, 5) is 0. The summed E-state index contributed by atoms with van der Waals surface area (Å²) >= 11 is 0. The van der Waals surface area contributed by atoms with Crippen LogP contribution in [0.3, 0.4) is 0 Å². The summed E-state index contributed by atoms with van der Waals surface area (Å²) in [7, 11) is -2.56. The molecule has 0 amide bonds. The Morgan fingerprint density at radius 3 is 1.70 bits per heavy atom. The SMILES string of the molecule is C=CCP(=O)(CC=C)C1c2ccccc2C=Cc2ccccc21. The molecule has 3 rings (SSSR count). The van der Waals surface area contributed by atoms with E-state index in [0.29, 0.717) is 12.3 Å². The minimum Gasteiger partial charge on any atom is -0.322 e. The normalized spacial score (nSPS) is 13.7. The van der Waals surface area contributed by atoms with Crippen LogP contribution in [0.2, 0.25) is 0 Å². The summed E-state index contributed by atoms with van der Waals surface area (Å²) < 4.78 is 13.9. The van der Waals surface area contributed by atoms with Crippen molar-refractivity contribution in [3.8, 4) is 0 Å². The molecule has 0 saturated heterocycles. The van der Waals surface area contributed by atoms with Gasteiger partial charge in [-0.1, -0.05) is 72.8 Å². The van der Waals surface area contributed by atoms with Gasteiger partial charge in [-0.2, -0.15) is 0 Å². The average molecular weight is 320 g/mol. The molecule has 0 unspecified atom stereocenters. The van der Waals surface area contributed by atoms with Gasteiger partial charge in [0.25, 0.3) is 0 Å². The molecule has 0 radical (unpaired) electrons. The smallest absolute Gasteiger partial charge is 0.106 e. The van der Waals surface area contributed by atoms with Crippen molar-refractivity contribution < 1.29 is 4.57 Å². The molecule has 0 bridgehead atoms. The number of hydrogen-bond donors (Lipinski definition) is 0. The Hall–Kier alpha value is -2.11. The first-order chi connectivity index (χ1) is 11.2. The van der Waals surface area contributed by atoms with E-state index in [2.05, 4.69) is 49.6 Å². The van der Waals surface area contributed by atoms with Crippen molar-refractivity contribution >= 4 is 19.3 Å². The monoisotopic (exact) mass is 320 g/mol. The zero-order valence-corrected chi connectivity index (χ0v) is 14.1. The minimum absolute atomic E-state index is 0.110. The molecule has 23 heavy (non-hydrogen) atoms. The summed E-state index contributed by atoms with van der Waals surface area (Å²) in [5.74, 6) is 0. The molecule has 2 aromatic rings. The number of allylic oxidation sites excluding steroid dienone is 2. The van der Waals surface area contributed by atoms with Crippen LogP contribution < -0.4 is 0 Å². The molecule has 0 saturated carbocycles. The highest BCUT2D eigenvalue weighted by Gasteiger charge is 2.36. The van der Waals surface area contributed by atoms with Crippen LogP contribution >= 0.6 is 7.14 Å². The lowest BCUT2D eigenvalue weighted by Gasteiger charge is -2.28. The van der Waals surface area contributed by atoms with E-state index in [4.69, 9.17) is 0 Å². The Morgan fingerprint density at radius 2 is 1.26 bits per heavy atom. The molecule has 0 spiro atoms. The summed E-state index contributed by atoms with van der Waals surface area (Å²) in [6.07, 6.45) is 8.86. The van der Waals surface area contributed by atoms with Crippen LogP contribution in [0.1, 0.15) is 27.9 Å². The van der Waals surface area contributed by atoms with Crippen LogP contribution in [0, 0.1) is 0 Å². The van der Waals surface area contributed by atoms with Gasteiger partial charge < -0.3 is 4.57 Å². The third-order valence-electron chi connectivity index (χ3n) is 4.37. The second-order valence-electron chi connectivity index (χ2n) is 5.89. The standard InChI is InChI=1S/C21H21OP/c1-3-15-23(22,16-4-2)21-19-11-7-5-9-17(19)13-14-18-10-6-8-12-20(18)21/h3-14,21H,1-2,15-16H2. The Bertz CT molecular complexity index is 753. The molecule has 1 aliphatic carbocycles. The van der Waals surface area contributed by atoms with E-state index in [9.17, 15) is 4.57 Å². The van der Waals surface area contributed by atoms with E-state index in [1.54, 1.807) is 12.2 Å². The molecule has 0 atom stereocenters. The first-order valence-electron chi connectivity index (χ1n) is 7.85. The van der Waals surface area contributed by atoms with Gasteiger partial charge in [0.2, 0.25) is 0 Å². The zero-order chi connectivity index (χ0) is 16.3. The molecule has 0 aromatic heterocycles. The predicted octanol–water partition coefficient (Wildman–Crippen LogP) is 5.99. The largest absolute Gasteiger partial charge is 0.322 e. The third-order valence-corrected chi connectivity index (χ3v) is 7.62. The fraction of sp³-hybridized carbons (Fsp3) is 0.143. The lowest BCUT2D eigenvalue weighted by molar-refractivity contribution is 0.573. The molecular formula is C21H21OP. The fourth-order valence-electron chi connectivity index (χ4n) is 3.40. The molecule has 0 fully saturated rings. The van der Waals surface area contributed by atoms with Crippen molar-refractivity contribution in [3.05, 3.63) is 96.1 Å². The van der Waals surface area contributed by atoms with Crippen LogP contribution in [-0.2, 0) is 4.57 Å². The Morgan fingerprint density at radius 1 is 0.826 bits per heavy atom. The summed E-state index contributed by atoms with van der Waals surface area (Å²) in [6, 6.07) is 16.5. The maximum atomic E-state index is 13.9. The maximum Gasteiger partial charge on any atom is 0.106 e. The quantitative estimate of drug-likeness (QED) is 0.488. The van der Waals surface area contributed by atoms with E-state index in [1.807, 2.05) is 24.3 Å². The van der Waals surface area contributed by atoms with Crippen molar-refractivity contribution in [1.82, 2.24) is 0 Å². The van der Waals surface area contributed by atoms with Gasteiger partial charge in [0.15, 0.2) is 0 Å². The molecule has 2 heteroatoms. The Kier molecular flexibility index (Phi) is 4.50. The summed E-state index contributed by atoms with van der Waals surface area (Å²) in [6.45, 7) is 7.67. The Balaban J connectivity index is 2.29. The second-order valence-corrected chi connectivity index (χ2v) is 9.04. The molecule has 0 aliphatic heterocycles. The summed E-state index contributed by atoms with van der Waals surface area (Å²) in [5, 5.41) is 0. The van der Waals surface area contributed by atoms with E-state index in [0.717, 1.165) is 22.3 Å². The first-order valence-corrected chi connectivity index (χ1v) is 10.00. The van der Waals surface area contributed by atoms with Crippen LogP contribution in [0.4, 0.5) is 0 Å². The highest BCUT2D eigenvalue weighted by Crippen LogP contribution is 2.63. The third kappa shape index (κ3) is 2.90. The van der Waals surface area contributed by atoms with E-state index < -0.39 is 7.14 Å². The topological polar surface area (TPSA) is 17.1 Å². The lowest BCUT2D eigenvalue weighted by Crippen LogP contribution is -2.09. The predicted molar refractivity (Wildman–Crippen MR) is 101 cm³/mol. The van der Waals surface area contributed by atoms with Gasteiger partial charge in [0, 0.05) is 12.3 Å². The van der Waals surface area contributed by atoms with Crippen molar-refractivity contribution in [2.75, 3.05) is 12.3 Å². The molecule has 0 N–H and O–H groups in total. The summed E-state index contributed by atoms with van der Waals surface area (Å²) in [5.41, 5.74) is 4.45. The van der Waals surface area contributed by atoms with Gasteiger partial charge in [-0.3, -0.25) is 0 Å². The first kappa shape index (κ1) is 15.8. The highest BCUT2D eigenvalue weighted by molar-refractivity contribution is 7.64. The number of fused-ring (bicyclic) bond motifs is 2. The van der Waals surface area contributed by atoms with Gasteiger partial charge in [-0.05, 0) is 22.3 Å². The van der Waals surface area contributed by atoms with Crippen molar-refractivity contribution in [2.45, 2.75) is 5.66 Å². The maximum absolute atomic E-state index is 13.9. The van der Waals surface area contributed by atoms with Gasteiger partial charge >= 0.3 is 0 Å². The van der Waals surface area contributed by atoms with Gasteiger partial charge in [-0.25, -0.2) is 0 Å². The van der Waals surface area contributed by atoms with Gasteiger partial charge in [0.05, 0.1) is 5.66 Å². The van der Waals surface area contributed by atoms with Gasteiger partial charge in [0.1, 0.15) is 7.14 Å². The Labute approximate surface area is 138 Å². The van der Waals surface area contributed by atoms with Crippen molar-refractivity contribution in [1.29, 1.82) is 0 Å². The molecule has 0 heterocycles.